The molecule has 5 nitrogen and oxygen atoms in total. The van der Waals surface area contributed by atoms with Crippen molar-refractivity contribution < 1.29 is 9.90 Å². The molecule has 1 amide bonds. The van der Waals surface area contributed by atoms with Crippen LogP contribution in [0.15, 0.2) is 29.4 Å². The Labute approximate surface area is 112 Å². The van der Waals surface area contributed by atoms with Crippen LogP contribution in [0.1, 0.15) is 18.4 Å². The Hall–Kier alpha value is -1.59. The predicted molar refractivity (Wildman–Crippen MR) is 72.4 cm³/mol. The van der Waals surface area contributed by atoms with Gasteiger partial charge in [-0.25, -0.2) is 5.01 Å². The molecule has 2 rings (SSSR count). The molecule has 1 aromatic carbocycles. The molecule has 1 aliphatic heterocycles. The number of anilines is 1. The number of halogens is 1. The number of benzene rings is 1. The number of carbonyl (C=O) groups excluding carboxylic acids is 1. The molecule has 0 saturated carbocycles. The number of aliphatic hydroxyl groups excluding tert-OH is 1. The Morgan fingerprint density at radius 2 is 2.00 bits per heavy atom. The summed E-state index contributed by atoms with van der Waals surface area (Å²) in [6, 6.07) is 7.21. The summed E-state index contributed by atoms with van der Waals surface area (Å²) >= 11 is 0. The van der Waals surface area contributed by atoms with Crippen molar-refractivity contribution in [3.63, 3.8) is 0 Å². The average molecular weight is 270 g/mol. The first-order valence-electron chi connectivity index (χ1n) is 5.45. The molecule has 2 unspecified atom stereocenters. The van der Waals surface area contributed by atoms with E-state index in [0.29, 0.717) is 5.69 Å². The minimum Gasteiger partial charge on any atom is -0.399 e. The molecule has 0 aliphatic carbocycles. The summed E-state index contributed by atoms with van der Waals surface area (Å²) in [5.74, 6) is -0.485. The van der Waals surface area contributed by atoms with Crippen molar-refractivity contribution in [3.05, 3.63) is 29.8 Å². The average Bonchev–Trinajstić information content (AvgIpc) is 2.32. The third-order valence-corrected chi connectivity index (χ3v) is 2.92. The van der Waals surface area contributed by atoms with Crippen molar-refractivity contribution in [2.75, 3.05) is 12.5 Å². The summed E-state index contributed by atoms with van der Waals surface area (Å²) in [6.45, 7) is 1.53. The molecule has 0 fully saturated rings. The number of nitrogens with two attached hydrogens (primary N) is 1. The summed E-state index contributed by atoms with van der Waals surface area (Å²) < 4.78 is 0. The molecule has 1 heterocycles. The second-order valence-electron chi connectivity index (χ2n) is 4.15. The fourth-order valence-electron chi connectivity index (χ4n) is 1.97. The lowest BCUT2D eigenvalue weighted by Gasteiger charge is -2.29. The first kappa shape index (κ1) is 14.5. The number of nitrogens with zero attached hydrogens (tertiary/aromatic N) is 2. The van der Waals surface area contributed by atoms with Gasteiger partial charge in [-0.2, -0.15) is 5.10 Å². The van der Waals surface area contributed by atoms with Crippen LogP contribution in [-0.4, -0.2) is 29.0 Å². The molecule has 98 valence electrons. The van der Waals surface area contributed by atoms with E-state index in [1.807, 2.05) is 19.1 Å². The monoisotopic (exact) mass is 269 g/mol. The highest BCUT2D eigenvalue weighted by Crippen LogP contribution is 2.29. The van der Waals surface area contributed by atoms with Gasteiger partial charge in [-0.05, 0) is 17.7 Å². The van der Waals surface area contributed by atoms with Crippen LogP contribution in [0.25, 0.3) is 0 Å². The normalized spacial score (nSPS) is 22.8. The quantitative estimate of drug-likeness (QED) is 0.792. The van der Waals surface area contributed by atoms with Crippen LogP contribution in [0.4, 0.5) is 5.69 Å². The fraction of sp³-hybridized carbons (Fsp3) is 0.333. The first-order chi connectivity index (χ1) is 8.13. The van der Waals surface area contributed by atoms with Crippen molar-refractivity contribution in [2.24, 2.45) is 11.0 Å². The SMILES string of the molecule is CC1C=NN(CO)C(=O)C1c1ccc(N)cc1.Cl. The maximum absolute atomic E-state index is 12.1. The van der Waals surface area contributed by atoms with E-state index in [0.717, 1.165) is 10.6 Å². The van der Waals surface area contributed by atoms with Crippen molar-refractivity contribution in [1.82, 2.24) is 5.01 Å². The van der Waals surface area contributed by atoms with E-state index >= 15 is 0 Å². The van der Waals surface area contributed by atoms with E-state index < -0.39 is 6.73 Å². The zero-order valence-electron chi connectivity index (χ0n) is 9.98. The lowest BCUT2D eigenvalue weighted by Crippen LogP contribution is -2.39. The van der Waals surface area contributed by atoms with Gasteiger partial charge < -0.3 is 10.8 Å². The second-order valence-corrected chi connectivity index (χ2v) is 4.15. The Morgan fingerprint density at radius 3 is 2.56 bits per heavy atom. The lowest BCUT2D eigenvalue weighted by molar-refractivity contribution is -0.138. The summed E-state index contributed by atoms with van der Waals surface area (Å²) in [6.07, 6.45) is 1.68. The zero-order chi connectivity index (χ0) is 12.4. The molecule has 6 heteroatoms. The molecule has 0 spiro atoms. The topological polar surface area (TPSA) is 78.9 Å². The summed E-state index contributed by atoms with van der Waals surface area (Å²) in [5, 5.41) is 14.0. The van der Waals surface area contributed by atoms with Crippen LogP contribution >= 0.6 is 12.4 Å². The summed E-state index contributed by atoms with van der Waals surface area (Å²) in [4.78, 5) is 12.1. The maximum atomic E-state index is 12.1. The van der Waals surface area contributed by atoms with E-state index in [2.05, 4.69) is 5.10 Å². The zero-order valence-corrected chi connectivity index (χ0v) is 10.8. The minimum atomic E-state index is -0.395. The van der Waals surface area contributed by atoms with Crippen LogP contribution in [-0.2, 0) is 4.79 Å². The number of rotatable bonds is 2. The highest BCUT2D eigenvalue weighted by atomic mass is 35.5. The summed E-state index contributed by atoms with van der Waals surface area (Å²) in [5.41, 5.74) is 7.17. The van der Waals surface area contributed by atoms with Crippen molar-refractivity contribution in [3.8, 4) is 0 Å². The molecule has 2 atom stereocenters. The van der Waals surface area contributed by atoms with Gasteiger partial charge in [0.25, 0.3) is 5.91 Å². The van der Waals surface area contributed by atoms with Crippen molar-refractivity contribution in [1.29, 1.82) is 0 Å². The van der Waals surface area contributed by atoms with Crippen LogP contribution in [0.2, 0.25) is 0 Å². The third kappa shape index (κ3) is 2.63. The molecule has 1 aliphatic rings. The Kier molecular flexibility index (Phi) is 4.69. The highest BCUT2D eigenvalue weighted by molar-refractivity contribution is 5.90. The molecule has 0 bridgehead atoms. The van der Waals surface area contributed by atoms with Gasteiger partial charge in [-0.3, -0.25) is 4.79 Å². The van der Waals surface area contributed by atoms with Crippen molar-refractivity contribution >= 4 is 30.2 Å². The predicted octanol–water partition coefficient (Wildman–Crippen LogP) is 1.19. The number of nitrogen functional groups attached to an aromatic ring is 1. The maximum Gasteiger partial charge on any atom is 0.253 e. The van der Waals surface area contributed by atoms with Crippen LogP contribution in [0, 0.1) is 5.92 Å². The number of aliphatic hydroxyl groups is 1. The minimum absolute atomic E-state index is 0. The van der Waals surface area contributed by atoms with Gasteiger partial charge >= 0.3 is 0 Å². The third-order valence-electron chi connectivity index (χ3n) is 2.92. The van der Waals surface area contributed by atoms with E-state index in [4.69, 9.17) is 10.8 Å². The van der Waals surface area contributed by atoms with Gasteiger partial charge in [-0.15, -0.1) is 12.4 Å². The highest BCUT2D eigenvalue weighted by Gasteiger charge is 2.33. The molecular formula is C12H16ClN3O2. The van der Waals surface area contributed by atoms with E-state index in [1.54, 1.807) is 18.3 Å². The van der Waals surface area contributed by atoms with Crippen molar-refractivity contribution in [2.45, 2.75) is 12.8 Å². The number of carbonyl (C=O) groups is 1. The summed E-state index contributed by atoms with van der Waals surface area (Å²) in [7, 11) is 0. The first-order valence-corrected chi connectivity index (χ1v) is 5.45. The van der Waals surface area contributed by atoms with Crippen LogP contribution in [0.3, 0.4) is 0 Å². The smallest absolute Gasteiger partial charge is 0.253 e. The molecule has 18 heavy (non-hydrogen) atoms. The van der Waals surface area contributed by atoms with E-state index in [-0.39, 0.29) is 30.2 Å². The number of hydrogen-bond donors (Lipinski definition) is 2. The Balaban J connectivity index is 0.00000162. The van der Waals surface area contributed by atoms with Crippen LogP contribution < -0.4 is 5.73 Å². The van der Waals surface area contributed by atoms with E-state index in [9.17, 15) is 4.79 Å². The Bertz CT molecular complexity index is 447. The van der Waals surface area contributed by atoms with Gasteiger partial charge in [0, 0.05) is 17.8 Å². The molecule has 0 radical (unpaired) electrons. The number of hydrogen-bond acceptors (Lipinski definition) is 4. The number of hydrazone groups is 1. The lowest BCUT2D eigenvalue weighted by atomic mass is 9.86. The van der Waals surface area contributed by atoms with Gasteiger partial charge in [0.15, 0.2) is 0 Å². The molecular weight excluding hydrogens is 254 g/mol. The molecule has 1 aromatic rings. The molecule has 0 saturated heterocycles. The standard InChI is InChI=1S/C12H15N3O2.ClH/c1-8-6-14-15(7-16)12(17)11(8)9-2-4-10(13)5-3-9;/h2-6,8,11,16H,7,13H2,1H3;1H. The van der Waals surface area contributed by atoms with Gasteiger partial charge in [0.2, 0.25) is 0 Å². The number of amides is 1. The van der Waals surface area contributed by atoms with Gasteiger partial charge in [0.1, 0.15) is 6.73 Å². The molecule has 0 aromatic heterocycles. The fourth-order valence-corrected chi connectivity index (χ4v) is 1.97. The van der Waals surface area contributed by atoms with Gasteiger partial charge in [0.05, 0.1) is 5.92 Å². The molecule has 3 N–H and O–H groups in total. The largest absolute Gasteiger partial charge is 0.399 e. The Morgan fingerprint density at radius 1 is 1.39 bits per heavy atom. The van der Waals surface area contributed by atoms with Gasteiger partial charge in [-0.1, -0.05) is 19.1 Å². The second kappa shape index (κ2) is 5.84. The van der Waals surface area contributed by atoms with Crippen LogP contribution in [0.5, 0.6) is 0 Å². The van der Waals surface area contributed by atoms with E-state index in [1.165, 1.54) is 0 Å².